The van der Waals surface area contributed by atoms with Gasteiger partial charge in [-0.15, -0.1) is 0 Å². The van der Waals surface area contributed by atoms with E-state index >= 15 is 0 Å². The van der Waals surface area contributed by atoms with Gasteiger partial charge in [0.2, 0.25) is 0 Å². The summed E-state index contributed by atoms with van der Waals surface area (Å²) in [6, 6.07) is 0. The van der Waals surface area contributed by atoms with Gasteiger partial charge in [-0.05, 0) is 31.1 Å². The highest BCUT2D eigenvalue weighted by molar-refractivity contribution is 5.82. The normalized spacial score (nSPS) is 56.2. The number of aliphatic hydroxyl groups excluding tert-OH is 1. The summed E-state index contributed by atoms with van der Waals surface area (Å²) >= 11 is 0. The summed E-state index contributed by atoms with van der Waals surface area (Å²) in [5.41, 5.74) is -0.253. The lowest BCUT2D eigenvalue weighted by molar-refractivity contribution is -0.148. The monoisotopic (exact) mass is 182 g/mol. The van der Waals surface area contributed by atoms with Gasteiger partial charge in [0.1, 0.15) is 0 Å². The second kappa shape index (κ2) is 2.08. The van der Waals surface area contributed by atoms with E-state index in [0.29, 0.717) is 11.8 Å². The number of ether oxygens (including phenoxy) is 1. The van der Waals surface area contributed by atoms with E-state index in [2.05, 4.69) is 0 Å². The average molecular weight is 182 g/mol. The molecule has 72 valence electrons. The number of hydrogen-bond acceptors (Lipinski definition) is 3. The van der Waals surface area contributed by atoms with Crippen molar-refractivity contribution in [2.45, 2.75) is 25.4 Å². The molecule has 0 aromatic carbocycles. The third-order valence-corrected chi connectivity index (χ3v) is 4.45. The molecule has 4 aliphatic rings. The van der Waals surface area contributed by atoms with Crippen molar-refractivity contribution >= 4 is 5.97 Å². The molecule has 4 saturated carbocycles. The Balaban J connectivity index is 1.94. The van der Waals surface area contributed by atoms with Crippen LogP contribution in [0.5, 0.6) is 0 Å². The first-order valence-corrected chi connectivity index (χ1v) is 4.98. The van der Waals surface area contributed by atoms with Gasteiger partial charge >= 0.3 is 5.97 Å². The molecule has 5 unspecified atom stereocenters. The Hall–Kier alpha value is -0.570. The van der Waals surface area contributed by atoms with Gasteiger partial charge in [0.15, 0.2) is 0 Å². The van der Waals surface area contributed by atoms with Crippen molar-refractivity contribution in [2.24, 2.45) is 23.2 Å². The van der Waals surface area contributed by atoms with Crippen LogP contribution >= 0.6 is 0 Å². The van der Waals surface area contributed by atoms with Crippen LogP contribution in [0.25, 0.3) is 0 Å². The van der Waals surface area contributed by atoms with Gasteiger partial charge in [-0.3, -0.25) is 4.79 Å². The van der Waals surface area contributed by atoms with E-state index < -0.39 is 0 Å². The lowest BCUT2D eigenvalue weighted by atomic mass is 9.80. The quantitative estimate of drug-likeness (QED) is 0.603. The van der Waals surface area contributed by atoms with E-state index in [0.717, 1.165) is 19.3 Å². The minimum Gasteiger partial charge on any atom is -0.469 e. The first-order chi connectivity index (χ1) is 6.21. The van der Waals surface area contributed by atoms with Crippen molar-refractivity contribution in [3.63, 3.8) is 0 Å². The van der Waals surface area contributed by atoms with Crippen LogP contribution < -0.4 is 0 Å². The van der Waals surface area contributed by atoms with Crippen LogP contribution in [0.1, 0.15) is 19.3 Å². The van der Waals surface area contributed by atoms with Gasteiger partial charge < -0.3 is 9.84 Å². The average Bonchev–Trinajstić information content (AvgIpc) is 2.77. The molecule has 0 heterocycles. The molecule has 1 N–H and O–H groups in total. The lowest BCUT2D eigenvalue weighted by Crippen LogP contribution is -2.28. The van der Waals surface area contributed by atoms with E-state index in [1.54, 1.807) is 0 Å². The number of rotatable bonds is 1. The fourth-order valence-corrected chi connectivity index (χ4v) is 3.89. The summed E-state index contributed by atoms with van der Waals surface area (Å²) in [4.78, 5) is 11.6. The number of aliphatic hydroxyl groups is 1. The third-order valence-electron chi connectivity index (χ3n) is 4.45. The van der Waals surface area contributed by atoms with Crippen LogP contribution in [0.4, 0.5) is 0 Å². The van der Waals surface area contributed by atoms with Crippen LogP contribution in [0.15, 0.2) is 0 Å². The van der Waals surface area contributed by atoms with Gasteiger partial charge in [0, 0.05) is 5.92 Å². The largest absolute Gasteiger partial charge is 0.469 e. The molecule has 4 rings (SSSR count). The van der Waals surface area contributed by atoms with Crippen LogP contribution in [-0.2, 0) is 9.53 Å². The Bertz CT molecular complexity index is 275. The molecule has 3 nitrogen and oxygen atoms in total. The van der Waals surface area contributed by atoms with Crippen molar-refractivity contribution < 1.29 is 14.6 Å². The molecule has 3 heteroatoms. The summed E-state index contributed by atoms with van der Waals surface area (Å²) in [6.45, 7) is 0. The highest BCUT2D eigenvalue weighted by atomic mass is 16.5. The van der Waals surface area contributed by atoms with Crippen molar-refractivity contribution in [3.8, 4) is 0 Å². The van der Waals surface area contributed by atoms with Gasteiger partial charge in [-0.2, -0.15) is 0 Å². The first kappa shape index (κ1) is 7.80. The van der Waals surface area contributed by atoms with Crippen molar-refractivity contribution in [3.05, 3.63) is 0 Å². The predicted molar refractivity (Wildman–Crippen MR) is 44.8 cm³/mol. The van der Waals surface area contributed by atoms with E-state index in [4.69, 9.17) is 4.74 Å². The zero-order valence-corrected chi connectivity index (χ0v) is 7.69. The molecule has 4 bridgehead atoms. The van der Waals surface area contributed by atoms with Gasteiger partial charge in [0.05, 0.1) is 18.6 Å². The van der Waals surface area contributed by atoms with Crippen LogP contribution in [-0.4, -0.2) is 24.3 Å². The molecule has 4 fully saturated rings. The maximum absolute atomic E-state index is 11.6. The zero-order chi connectivity index (χ0) is 9.22. The highest BCUT2D eigenvalue weighted by Crippen LogP contribution is 2.75. The minimum atomic E-state index is -0.253. The molecule has 0 saturated heterocycles. The maximum atomic E-state index is 11.6. The van der Waals surface area contributed by atoms with E-state index in [9.17, 15) is 9.90 Å². The molecule has 0 amide bonds. The van der Waals surface area contributed by atoms with Crippen molar-refractivity contribution in [1.82, 2.24) is 0 Å². The molecule has 0 aliphatic heterocycles. The van der Waals surface area contributed by atoms with Gasteiger partial charge in [-0.25, -0.2) is 0 Å². The topological polar surface area (TPSA) is 46.5 Å². The van der Waals surface area contributed by atoms with Crippen LogP contribution in [0, 0.1) is 23.2 Å². The Morgan fingerprint density at radius 3 is 2.77 bits per heavy atom. The fraction of sp³-hybridized carbons (Fsp3) is 0.900. The lowest BCUT2D eigenvalue weighted by Gasteiger charge is -2.27. The number of carbonyl (C=O) groups excluding carboxylic acids is 1. The number of methoxy groups -OCH3 is 1. The summed E-state index contributed by atoms with van der Waals surface area (Å²) < 4.78 is 4.83. The van der Waals surface area contributed by atoms with Crippen LogP contribution in [0.3, 0.4) is 0 Å². The molecule has 0 aromatic heterocycles. The second-order valence-corrected chi connectivity index (χ2v) is 4.70. The Morgan fingerprint density at radius 2 is 2.31 bits per heavy atom. The number of esters is 1. The molecule has 13 heavy (non-hydrogen) atoms. The van der Waals surface area contributed by atoms with E-state index in [1.165, 1.54) is 7.11 Å². The Labute approximate surface area is 77.1 Å². The predicted octanol–water partition coefficient (Wildman–Crippen LogP) is 0.566. The molecule has 0 spiro atoms. The molecule has 0 aromatic rings. The Morgan fingerprint density at radius 1 is 1.54 bits per heavy atom. The number of fused-ring (bicyclic) bond motifs is 1. The van der Waals surface area contributed by atoms with Crippen molar-refractivity contribution in [1.29, 1.82) is 0 Å². The smallest absolute Gasteiger partial charge is 0.312 e. The second-order valence-electron chi connectivity index (χ2n) is 4.70. The van der Waals surface area contributed by atoms with Crippen molar-refractivity contribution in [2.75, 3.05) is 7.11 Å². The van der Waals surface area contributed by atoms with Crippen LogP contribution in [0.2, 0.25) is 0 Å². The summed E-state index contributed by atoms with van der Waals surface area (Å²) in [5, 5.41) is 9.83. The molecular formula is C10H14O3. The SMILES string of the molecule is COC(=O)C12CC3CCC1C2C3O. The Kier molecular flexibility index (Phi) is 1.25. The highest BCUT2D eigenvalue weighted by Gasteiger charge is 2.79. The van der Waals surface area contributed by atoms with E-state index in [1.807, 2.05) is 0 Å². The molecule has 5 atom stereocenters. The zero-order valence-electron chi connectivity index (χ0n) is 7.69. The maximum Gasteiger partial charge on any atom is 0.312 e. The summed E-state index contributed by atoms with van der Waals surface area (Å²) in [5.74, 6) is 0.955. The third kappa shape index (κ3) is 0.654. The molecule has 4 aliphatic carbocycles. The standard InChI is InChI=1S/C10H14O3/c1-13-9(12)10-4-5-2-3-6(10)7(10)8(5)11/h5-8,11H,2-4H2,1H3. The first-order valence-electron chi connectivity index (χ1n) is 4.98. The van der Waals surface area contributed by atoms with Gasteiger partial charge in [-0.1, -0.05) is 0 Å². The number of hydrogen-bond donors (Lipinski definition) is 1. The molecule has 0 radical (unpaired) electrons. The number of carbonyl (C=O) groups is 1. The fourth-order valence-electron chi connectivity index (χ4n) is 3.89. The minimum absolute atomic E-state index is 0.0799. The summed E-state index contributed by atoms with van der Waals surface area (Å²) in [6.07, 6.45) is 2.86. The van der Waals surface area contributed by atoms with Gasteiger partial charge in [0.25, 0.3) is 0 Å². The van der Waals surface area contributed by atoms with E-state index in [-0.39, 0.29) is 23.4 Å². The molecular weight excluding hydrogens is 168 g/mol. The summed E-state index contributed by atoms with van der Waals surface area (Å²) in [7, 11) is 1.45.